The van der Waals surface area contributed by atoms with Crippen molar-refractivity contribution in [1.29, 1.82) is 0 Å². The zero-order chi connectivity index (χ0) is 16.0. The third-order valence-electron chi connectivity index (χ3n) is 3.31. The molecule has 2 heterocycles. The molecule has 0 bridgehead atoms. The van der Waals surface area contributed by atoms with Crippen LogP contribution < -0.4 is 16.0 Å². The number of aromatic nitrogens is 2. The van der Waals surface area contributed by atoms with Crippen LogP contribution in [0.4, 0.5) is 11.4 Å². The van der Waals surface area contributed by atoms with Crippen LogP contribution in [0.3, 0.4) is 0 Å². The van der Waals surface area contributed by atoms with Crippen LogP contribution in [-0.2, 0) is 13.3 Å². The molecule has 1 aromatic carbocycles. The van der Waals surface area contributed by atoms with Gasteiger partial charge in [0.15, 0.2) is 0 Å². The van der Waals surface area contributed by atoms with Gasteiger partial charge < -0.3 is 4.90 Å². The van der Waals surface area contributed by atoms with Crippen molar-refractivity contribution in [2.45, 2.75) is 13.3 Å². The Bertz CT molecular complexity index is 843. The number of rotatable bonds is 2. The van der Waals surface area contributed by atoms with Crippen molar-refractivity contribution in [2.24, 2.45) is 0 Å². The Morgan fingerprint density at radius 1 is 1.00 bits per heavy atom. The first-order valence-electron chi connectivity index (χ1n) is 6.08. The predicted molar refractivity (Wildman–Crippen MR) is 80.6 cm³/mol. The number of hydrogen-bond donors (Lipinski definition) is 0. The molecule has 0 atom stereocenters. The molecule has 0 saturated heterocycles. The number of benzene rings is 1. The van der Waals surface area contributed by atoms with Crippen molar-refractivity contribution in [2.75, 3.05) is 4.90 Å². The molecule has 0 saturated carbocycles. The van der Waals surface area contributed by atoms with Crippen LogP contribution in [0.1, 0.15) is 0 Å². The molecule has 3 rings (SSSR count). The van der Waals surface area contributed by atoms with Gasteiger partial charge in [0.25, 0.3) is 16.8 Å². The van der Waals surface area contributed by atoms with Crippen LogP contribution in [0.15, 0.2) is 33.9 Å². The summed E-state index contributed by atoms with van der Waals surface area (Å²) in [5.74, 6) is 0. The Kier molecular flexibility index (Phi) is 3.42. The molecule has 114 valence electrons. The SMILES string of the molecule is O=c1ccc(=O)n2n1CN(c1c(Cl)cc([N+](=O)[O-])cc1Cl)C2. The molecule has 0 radical (unpaired) electrons. The second kappa shape index (κ2) is 5.15. The number of halogens is 2. The van der Waals surface area contributed by atoms with Crippen LogP contribution in [0.2, 0.25) is 10.0 Å². The molecule has 0 aliphatic carbocycles. The summed E-state index contributed by atoms with van der Waals surface area (Å²) in [5.41, 5.74) is -0.568. The predicted octanol–water partition coefficient (Wildman–Crippen LogP) is 1.66. The van der Waals surface area contributed by atoms with Crippen LogP contribution in [-0.4, -0.2) is 14.3 Å². The molecule has 8 nitrogen and oxygen atoms in total. The van der Waals surface area contributed by atoms with Gasteiger partial charge in [-0.25, -0.2) is 9.36 Å². The van der Waals surface area contributed by atoms with E-state index in [0.29, 0.717) is 5.69 Å². The van der Waals surface area contributed by atoms with Crippen molar-refractivity contribution in [1.82, 2.24) is 9.36 Å². The van der Waals surface area contributed by atoms with Gasteiger partial charge in [0.05, 0.1) is 20.7 Å². The fraction of sp³-hybridized carbons (Fsp3) is 0.167. The Morgan fingerprint density at radius 3 is 1.86 bits per heavy atom. The molecule has 10 heteroatoms. The lowest BCUT2D eigenvalue weighted by atomic mass is 10.2. The van der Waals surface area contributed by atoms with Crippen LogP contribution in [0.25, 0.3) is 0 Å². The Hall–Kier alpha value is -2.32. The van der Waals surface area contributed by atoms with Crippen molar-refractivity contribution in [3.63, 3.8) is 0 Å². The number of fused-ring (bicyclic) bond motifs is 1. The maximum atomic E-state index is 11.8. The molecule has 1 aliphatic heterocycles. The highest BCUT2D eigenvalue weighted by Crippen LogP contribution is 2.38. The monoisotopic (exact) mass is 342 g/mol. The quantitative estimate of drug-likeness (QED) is 0.611. The van der Waals surface area contributed by atoms with Gasteiger partial charge >= 0.3 is 0 Å². The highest BCUT2D eigenvalue weighted by atomic mass is 35.5. The Morgan fingerprint density at radius 2 is 1.45 bits per heavy atom. The second-order valence-electron chi connectivity index (χ2n) is 4.65. The van der Waals surface area contributed by atoms with E-state index in [1.54, 1.807) is 4.90 Å². The third-order valence-corrected chi connectivity index (χ3v) is 3.88. The molecule has 0 fully saturated rings. The molecule has 0 N–H and O–H groups in total. The standard InChI is InChI=1S/C12H8Cl2N4O4/c13-8-3-7(18(21)22)4-9(14)12(8)15-5-16-10(19)1-2-11(20)17(16)6-15/h1-4H,5-6H2. The lowest BCUT2D eigenvalue weighted by Gasteiger charge is -2.18. The molecular formula is C12H8Cl2N4O4. The van der Waals surface area contributed by atoms with Gasteiger partial charge in [-0.05, 0) is 0 Å². The third kappa shape index (κ3) is 2.26. The summed E-state index contributed by atoms with van der Waals surface area (Å²) in [6.07, 6.45) is 0. The summed E-state index contributed by atoms with van der Waals surface area (Å²) in [6, 6.07) is 4.72. The number of nitrogens with zero attached hydrogens (tertiary/aromatic N) is 4. The van der Waals surface area contributed by atoms with Crippen molar-refractivity contribution < 1.29 is 4.92 Å². The van der Waals surface area contributed by atoms with E-state index in [-0.39, 0.29) is 40.2 Å². The first-order chi connectivity index (χ1) is 10.4. The Labute approximate surface area is 132 Å². The largest absolute Gasteiger partial charge is 0.330 e. The Balaban J connectivity index is 2.07. The summed E-state index contributed by atoms with van der Waals surface area (Å²) >= 11 is 12.2. The smallest absolute Gasteiger partial charge is 0.272 e. The van der Waals surface area contributed by atoms with E-state index < -0.39 is 4.92 Å². The van der Waals surface area contributed by atoms with Gasteiger partial charge in [0, 0.05) is 24.3 Å². The van der Waals surface area contributed by atoms with Crippen molar-refractivity contribution in [3.05, 3.63) is 65.1 Å². The van der Waals surface area contributed by atoms with Crippen LogP contribution >= 0.6 is 23.2 Å². The molecule has 1 aliphatic rings. The van der Waals surface area contributed by atoms with E-state index in [9.17, 15) is 19.7 Å². The zero-order valence-electron chi connectivity index (χ0n) is 10.9. The fourth-order valence-corrected chi connectivity index (χ4v) is 3.03. The number of anilines is 1. The van der Waals surface area contributed by atoms with Gasteiger partial charge in [0.2, 0.25) is 0 Å². The summed E-state index contributed by atoms with van der Waals surface area (Å²) in [7, 11) is 0. The average Bonchev–Trinajstić information content (AvgIpc) is 2.88. The minimum absolute atomic E-state index is 0.0756. The number of hydrogen-bond acceptors (Lipinski definition) is 5. The highest BCUT2D eigenvalue weighted by molar-refractivity contribution is 6.39. The molecular weight excluding hydrogens is 335 g/mol. The maximum absolute atomic E-state index is 11.8. The summed E-state index contributed by atoms with van der Waals surface area (Å²) in [5, 5.41) is 10.9. The topological polar surface area (TPSA) is 90.4 Å². The highest BCUT2D eigenvalue weighted by Gasteiger charge is 2.25. The van der Waals surface area contributed by atoms with Gasteiger partial charge in [0.1, 0.15) is 13.3 Å². The maximum Gasteiger partial charge on any atom is 0.272 e. The molecule has 22 heavy (non-hydrogen) atoms. The number of nitro benzene ring substituents is 1. The summed E-state index contributed by atoms with van der Waals surface area (Å²) in [4.78, 5) is 35.3. The number of non-ortho nitro benzene ring substituents is 1. The first kappa shape index (κ1) is 14.6. The lowest BCUT2D eigenvalue weighted by Crippen LogP contribution is -2.32. The molecule has 2 aromatic rings. The van der Waals surface area contributed by atoms with Crippen molar-refractivity contribution >= 4 is 34.6 Å². The van der Waals surface area contributed by atoms with Gasteiger partial charge in [-0.3, -0.25) is 19.7 Å². The normalized spacial score (nSPS) is 13.3. The van der Waals surface area contributed by atoms with Crippen LogP contribution in [0.5, 0.6) is 0 Å². The van der Waals surface area contributed by atoms with Gasteiger partial charge in [-0.15, -0.1) is 0 Å². The second-order valence-corrected chi connectivity index (χ2v) is 5.46. The van der Waals surface area contributed by atoms with E-state index >= 15 is 0 Å². The van der Waals surface area contributed by atoms with E-state index in [2.05, 4.69) is 0 Å². The lowest BCUT2D eigenvalue weighted by molar-refractivity contribution is -0.384. The van der Waals surface area contributed by atoms with E-state index in [0.717, 1.165) is 0 Å². The van der Waals surface area contributed by atoms with Crippen molar-refractivity contribution in [3.8, 4) is 0 Å². The molecule has 0 unspecified atom stereocenters. The number of nitro groups is 1. The minimum Gasteiger partial charge on any atom is -0.330 e. The average molecular weight is 343 g/mol. The van der Waals surface area contributed by atoms with E-state index in [1.807, 2.05) is 0 Å². The first-order valence-corrected chi connectivity index (χ1v) is 6.83. The zero-order valence-corrected chi connectivity index (χ0v) is 12.4. The fourth-order valence-electron chi connectivity index (χ4n) is 2.31. The van der Waals surface area contributed by atoms with Gasteiger partial charge in [-0.2, -0.15) is 0 Å². The summed E-state index contributed by atoms with van der Waals surface area (Å²) < 4.78 is 2.49. The molecule has 0 amide bonds. The molecule has 1 aromatic heterocycles. The van der Waals surface area contributed by atoms with E-state index in [1.165, 1.54) is 33.6 Å². The van der Waals surface area contributed by atoms with Crippen LogP contribution in [0, 0.1) is 10.1 Å². The molecule has 0 spiro atoms. The minimum atomic E-state index is -0.602. The van der Waals surface area contributed by atoms with E-state index in [4.69, 9.17) is 23.2 Å². The summed E-state index contributed by atoms with van der Waals surface area (Å²) in [6.45, 7) is 0.151. The van der Waals surface area contributed by atoms with Gasteiger partial charge in [-0.1, -0.05) is 23.2 Å².